The van der Waals surface area contributed by atoms with E-state index in [0.29, 0.717) is 17.8 Å². The summed E-state index contributed by atoms with van der Waals surface area (Å²) in [5, 5.41) is 0. The Morgan fingerprint density at radius 2 is 1.46 bits per heavy atom. The fourth-order valence-electron chi connectivity index (χ4n) is 3.93. The fraction of sp³-hybridized carbons (Fsp3) is 0.478. The summed E-state index contributed by atoms with van der Waals surface area (Å²) < 4.78 is 6.54. The molecule has 0 fully saturated rings. The molecule has 0 unspecified atom stereocenters. The summed E-state index contributed by atoms with van der Waals surface area (Å²) in [5.41, 5.74) is 8.01. The van der Waals surface area contributed by atoms with Crippen molar-refractivity contribution in [2.45, 2.75) is 66.2 Å². The number of hydrogen-bond donors (Lipinski definition) is 0. The lowest BCUT2D eigenvalue weighted by Gasteiger charge is -2.27. The highest BCUT2D eigenvalue weighted by Gasteiger charge is 2.40. The molecule has 0 N–H and O–H groups in total. The first-order chi connectivity index (χ1) is 12.2. The minimum atomic E-state index is -0.0536. The Morgan fingerprint density at radius 3 is 1.92 bits per heavy atom. The second-order valence-electron chi connectivity index (χ2n) is 8.58. The van der Waals surface area contributed by atoms with Crippen molar-refractivity contribution < 1.29 is 4.65 Å². The lowest BCUT2D eigenvalue weighted by molar-refractivity contribution is 0.595. The van der Waals surface area contributed by atoms with Crippen LogP contribution in [0.2, 0.25) is 0 Å². The fourth-order valence-corrected chi connectivity index (χ4v) is 3.93. The standard InChI is InChI=1S/C23H32BNO/c1-14(2)18-12-19(15(3)4)22(20(13-18)16(5)6)24-25(8)21-11-9-10-17(7)23(21)26-24/h9-16H,1-8H3. The topological polar surface area (TPSA) is 12.5 Å². The van der Waals surface area contributed by atoms with Gasteiger partial charge in [-0.25, -0.2) is 0 Å². The maximum atomic E-state index is 6.54. The number of hydrogen-bond acceptors (Lipinski definition) is 2. The van der Waals surface area contributed by atoms with E-state index in [4.69, 9.17) is 4.65 Å². The maximum Gasteiger partial charge on any atom is 0.519 e. The third-order valence-electron chi connectivity index (χ3n) is 5.58. The molecule has 0 aromatic heterocycles. The number of rotatable bonds is 4. The molecule has 0 spiro atoms. The summed E-state index contributed by atoms with van der Waals surface area (Å²) in [6.45, 7) is 15.9. The SMILES string of the molecule is Cc1cccc2c1OB(c1c(C(C)C)cc(C(C)C)cc1C(C)C)N2C. The monoisotopic (exact) mass is 349 g/mol. The van der Waals surface area contributed by atoms with Gasteiger partial charge in [-0.05, 0) is 65.5 Å². The van der Waals surface area contributed by atoms with Gasteiger partial charge in [0.25, 0.3) is 0 Å². The lowest BCUT2D eigenvalue weighted by atomic mass is 9.63. The van der Waals surface area contributed by atoms with Crippen LogP contribution in [0.4, 0.5) is 5.69 Å². The van der Waals surface area contributed by atoms with Crippen molar-refractivity contribution in [3.05, 3.63) is 52.6 Å². The third kappa shape index (κ3) is 3.13. The van der Waals surface area contributed by atoms with E-state index in [1.165, 1.54) is 33.4 Å². The van der Waals surface area contributed by atoms with Crippen molar-refractivity contribution in [1.82, 2.24) is 0 Å². The van der Waals surface area contributed by atoms with Gasteiger partial charge < -0.3 is 9.47 Å². The maximum absolute atomic E-state index is 6.54. The van der Waals surface area contributed by atoms with Crippen LogP contribution in [0.5, 0.6) is 5.75 Å². The van der Waals surface area contributed by atoms with E-state index in [1.54, 1.807) is 0 Å². The zero-order valence-electron chi connectivity index (χ0n) is 17.6. The molecule has 3 rings (SSSR count). The van der Waals surface area contributed by atoms with Crippen LogP contribution < -0.4 is 14.9 Å². The molecule has 0 amide bonds. The number of benzene rings is 2. The van der Waals surface area contributed by atoms with E-state index in [2.05, 4.69) is 90.7 Å². The highest BCUT2D eigenvalue weighted by Crippen LogP contribution is 2.38. The number of aryl methyl sites for hydroxylation is 1. The van der Waals surface area contributed by atoms with E-state index in [9.17, 15) is 0 Å². The van der Waals surface area contributed by atoms with Crippen LogP contribution in [0.1, 0.15) is 81.5 Å². The summed E-state index contributed by atoms with van der Waals surface area (Å²) >= 11 is 0. The Labute approximate surface area is 159 Å². The van der Waals surface area contributed by atoms with E-state index in [1.807, 2.05) is 0 Å². The quantitative estimate of drug-likeness (QED) is 0.667. The molecule has 0 aliphatic carbocycles. The van der Waals surface area contributed by atoms with Gasteiger partial charge in [0.2, 0.25) is 0 Å². The number of fused-ring (bicyclic) bond motifs is 1. The Hall–Kier alpha value is -1.90. The minimum Gasteiger partial charge on any atom is -0.536 e. The number of para-hydroxylation sites is 1. The van der Waals surface area contributed by atoms with Crippen molar-refractivity contribution in [3.8, 4) is 5.75 Å². The van der Waals surface area contributed by atoms with Crippen molar-refractivity contribution >= 4 is 18.2 Å². The number of anilines is 1. The predicted molar refractivity (Wildman–Crippen MR) is 114 cm³/mol. The molecule has 2 aromatic rings. The van der Waals surface area contributed by atoms with E-state index in [-0.39, 0.29) is 7.05 Å². The molecule has 0 saturated heterocycles. The third-order valence-corrected chi connectivity index (χ3v) is 5.58. The average molecular weight is 349 g/mol. The van der Waals surface area contributed by atoms with Crippen molar-refractivity contribution in [2.75, 3.05) is 11.9 Å². The van der Waals surface area contributed by atoms with Gasteiger partial charge in [-0.1, -0.05) is 65.8 Å². The normalized spacial score (nSPS) is 13.8. The van der Waals surface area contributed by atoms with Gasteiger partial charge >= 0.3 is 7.05 Å². The smallest absolute Gasteiger partial charge is 0.519 e. The zero-order valence-corrected chi connectivity index (χ0v) is 17.6. The van der Waals surface area contributed by atoms with E-state index < -0.39 is 0 Å². The van der Waals surface area contributed by atoms with Crippen LogP contribution in [0.15, 0.2) is 30.3 Å². The molecule has 1 heterocycles. The summed E-state index contributed by atoms with van der Waals surface area (Å²) in [6.07, 6.45) is 0. The van der Waals surface area contributed by atoms with E-state index in [0.717, 1.165) is 5.75 Å². The summed E-state index contributed by atoms with van der Waals surface area (Å²) in [6, 6.07) is 11.2. The molecule has 0 bridgehead atoms. The van der Waals surface area contributed by atoms with Crippen LogP contribution in [0.3, 0.4) is 0 Å². The lowest BCUT2D eigenvalue weighted by Crippen LogP contribution is -2.51. The van der Waals surface area contributed by atoms with Crippen molar-refractivity contribution in [3.63, 3.8) is 0 Å². The van der Waals surface area contributed by atoms with Gasteiger partial charge in [0.1, 0.15) is 5.75 Å². The van der Waals surface area contributed by atoms with Crippen LogP contribution in [-0.2, 0) is 0 Å². The highest BCUT2D eigenvalue weighted by molar-refractivity contribution is 6.74. The second kappa shape index (κ2) is 7.02. The zero-order chi connectivity index (χ0) is 19.2. The Morgan fingerprint density at radius 1 is 0.885 bits per heavy atom. The van der Waals surface area contributed by atoms with Gasteiger partial charge in [-0.15, -0.1) is 0 Å². The Balaban J connectivity index is 2.20. The van der Waals surface area contributed by atoms with Gasteiger partial charge in [0, 0.05) is 0 Å². The first-order valence-electron chi connectivity index (χ1n) is 9.89. The van der Waals surface area contributed by atoms with Crippen LogP contribution >= 0.6 is 0 Å². The molecule has 2 nitrogen and oxygen atoms in total. The summed E-state index contributed by atoms with van der Waals surface area (Å²) in [7, 11) is 2.10. The van der Waals surface area contributed by atoms with Gasteiger partial charge in [0.05, 0.1) is 5.69 Å². The van der Waals surface area contributed by atoms with Gasteiger partial charge in [-0.3, -0.25) is 0 Å². The Bertz CT molecular complexity index is 781. The molecule has 0 saturated carbocycles. The second-order valence-corrected chi connectivity index (χ2v) is 8.58. The Kier molecular flexibility index (Phi) is 5.10. The largest absolute Gasteiger partial charge is 0.536 e. The van der Waals surface area contributed by atoms with Crippen molar-refractivity contribution in [2.24, 2.45) is 0 Å². The predicted octanol–water partition coefficient (Wildman–Crippen LogP) is 5.59. The van der Waals surface area contributed by atoms with Gasteiger partial charge in [0.15, 0.2) is 0 Å². The first kappa shape index (κ1) is 18.9. The van der Waals surface area contributed by atoms with Crippen LogP contribution in [-0.4, -0.2) is 14.1 Å². The minimum absolute atomic E-state index is 0.0536. The van der Waals surface area contributed by atoms with Crippen molar-refractivity contribution in [1.29, 1.82) is 0 Å². The molecule has 138 valence electrons. The average Bonchev–Trinajstić information content (AvgIpc) is 2.91. The van der Waals surface area contributed by atoms with Crippen LogP contribution in [0.25, 0.3) is 0 Å². The molecule has 2 aromatic carbocycles. The molecular weight excluding hydrogens is 317 g/mol. The number of nitrogens with zero attached hydrogens (tertiary/aromatic N) is 1. The molecule has 1 aliphatic rings. The summed E-state index contributed by atoms with van der Waals surface area (Å²) in [4.78, 5) is 2.30. The molecule has 0 radical (unpaired) electrons. The molecule has 0 atom stereocenters. The highest BCUT2D eigenvalue weighted by atomic mass is 16.5. The van der Waals surface area contributed by atoms with Crippen LogP contribution in [0, 0.1) is 6.92 Å². The summed E-state index contributed by atoms with van der Waals surface area (Å²) in [5.74, 6) is 2.48. The molecule has 1 aliphatic heterocycles. The van der Waals surface area contributed by atoms with E-state index >= 15 is 0 Å². The van der Waals surface area contributed by atoms with Gasteiger partial charge in [-0.2, -0.15) is 0 Å². The molecule has 3 heteroatoms. The molecular formula is C23H32BNO. The molecule has 26 heavy (non-hydrogen) atoms. The first-order valence-corrected chi connectivity index (χ1v) is 9.89.